The molecule has 3 unspecified atom stereocenters. The first kappa shape index (κ1) is 20.5. The maximum Gasteiger partial charge on any atom is 0.312 e. The first-order valence-corrected chi connectivity index (χ1v) is 9.29. The van der Waals surface area contributed by atoms with Gasteiger partial charge in [0.15, 0.2) is 0 Å². The van der Waals surface area contributed by atoms with Crippen LogP contribution in [0.4, 0.5) is 0 Å². The van der Waals surface area contributed by atoms with E-state index in [2.05, 4.69) is 24.5 Å². The largest absolute Gasteiger partial charge is 0.460 e. The molecule has 0 bridgehead atoms. The highest BCUT2D eigenvalue weighted by molar-refractivity contribution is 5.75. The molecule has 0 radical (unpaired) electrons. The summed E-state index contributed by atoms with van der Waals surface area (Å²) in [7, 11) is 0. The van der Waals surface area contributed by atoms with Crippen LogP contribution >= 0.6 is 0 Å². The summed E-state index contributed by atoms with van der Waals surface area (Å²) in [6.45, 7) is 5.44. The number of aliphatic hydroxyl groups excluding tert-OH is 1. The Balaban J connectivity index is 1.92. The fraction of sp³-hybridized carbons (Fsp3) is 0.667. The van der Waals surface area contributed by atoms with Crippen LogP contribution < -0.4 is 0 Å². The van der Waals surface area contributed by atoms with Crippen LogP contribution in [0.25, 0.3) is 0 Å². The van der Waals surface area contributed by atoms with Crippen LogP contribution in [0.1, 0.15) is 71.1 Å². The Morgan fingerprint density at radius 2 is 1.88 bits per heavy atom. The number of esters is 1. The van der Waals surface area contributed by atoms with Crippen molar-refractivity contribution in [3.63, 3.8) is 0 Å². The van der Waals surface area contributed by atoms with Crippen molar-refractivity contribution in [2.75, 3.05) is 0 Å². The summed E-state index contributed by atoms with van der Waals surface area (Å²) < 4.78 is 5.04. The number of rotatable bonds is 11. The van der Waals surface area contributed by atoms with Gasteiger partial charge in [-0.15, -0.1) is 6.58 Å². The smallest absolute Gasteiger partial charge is 0.312 e. The number of ether oxygens (including phenoxy) is 1. The Kier molecular flexibility index (Phi) is 11.0. The summed E-state index contributed by atoms with van der Waals surface area (Å²) in [5.74, 6) is 5.70. The first-order chi connectivity index (χ1) is 11.7. The third-order valence-electron chi connectivity index (χ3n) is 4.41. The standard InChI is InChI=1S/C21H32O3/c1-3-4-5-6-7-8-9-10-11-12-13-14-15-16-17-19-20(22)18(2)24-21(19)23/h3,6-7,18-20,22H,1,4-5,10-17H2,2H3. The lowest BCUT2D eigenvalue weighted by Crippen LogP contribution is -2.24. The second kappa shape index (κ2) is 12.8. The molecule has 0 aromatic carbocycles. The number of carbonyl (C=O) groups is 1. The van der Waals surface area contributed by atoms with Crippen molar-refractivity contribution in [1.82, 2.24) is 0 Å². The van der Waals surface area contributed by atoms with Gasteiger partial charge in [-0.1, -0.05) is 56.1 Å². The highest BCUT2D eigenvalue weighted by Crippen LogP contribution is 2.26. The molecule has 0 aromatic heterocycles. The van der Waals surface area contributed by atoms with Crippen LogP contribution in [-0.4, -0.2) is 23.3 Å². The number of hydrogen-bond acceptors (Lipinski definition) is 3. The molecule has 0 saturated carbocycles. The Morgan fingerprint density at radius 1 is 1.17 bits per heavy atom. The normalized spacial score (nSPS) is 23.1. The number of hydrogen-bond donors (Lipinski definition) is 1. The Morgan fingerprint density at radius 3 is 2.54 bits per heavy atom. The van der Waals surface area contributed by atoms with E-state index in [9.17, 15) is 9.90 Å². The predicted molar refractivity (Wildman–Crippen MR) is 98.3 cm³/mol. The monoisotopic (exact) mass is 332 g/mol. The van der Waals surface area contributed by atoms with Gasteiger partial charge in [0, 0.05) is 6.42 Å². The van der Waals surface area contributed by atoms with E-state index in [-0.39, 0.29) is 18.0 Å². The van der Waals surface area contributed by atoms with Crippen LogP contribution in [0.15, 0.2) is 24.8 Å². The number of carbonyl (C=O) groups excluding carboxylic acids is 1. The summed E-state index contributed by atoms with van der Waals surface area (Å²) >= 11 is 0. The zero-order chi connectivity index (χ0) is 17.6. The third kappa shape index (κ3) is 8.36. The van der Waals surface area contributed by atoms with Crippen LogP contribution in [0.3, 0.4) is 0 Å². The summed E-state index contributed by atoms with van der Waals surface area (Å²) in [4.78, 5) is 11.6. The number of cyclic esters (lactones) is 1. The molecule has 0 aliphatic carbocycles. The summed E-state index contributed by atoms with van der Waals surface area (Å²) in [6, 6.07) is 0. The minimum Gasteiger partial charge on any atom is -0.460 e. The predicted octanol–water partition coefficient (Wildman–Crippen LogP) is 4.56. The lowest BCUT2D eigenvalue weighted by Gasteiger charge is -2.11. The minimum atomic E-state index is -0.623. The molecule has 3 heteroatoms. The lowest BCUT2D eigenvalue weighted by atomic mass is 9.95. The molecule has 1 N–H and O–H groups in total. The van der Waals surface area contributed by atoms with Gasteiger partial charge in [0.2, 0.25) is 0 Å². The molecule has 1 rings (SSSR count). The van der Waals surface area contributed by atoms with Crippen molar-refractivity contribution in [2.45, 2.75) is 83.3 Å². The fourth-order valence-corrected chi connectivity index (χ4v) is 2.87. The van der Waals surface area contributed by atoms with E-state index in [4.69, 9.17) is 4.74 Å². The van der Waals surface area contributed by atoms with Gasteiger partial charge in [-0.2, -0.15) is 0 Å². The molecular weight excluding hydrogens is 300 g/mol. The van der Waals surface area contributed by atoms with Gasteiger partial charge < -0.3 is 9.84 Å². The summed E-state index contributed by atoms with van der Waals surface area (Å²) in [5, 5.41) is 9.86. The fourth-order valence-electron chi connectivity index (χ4n) is 2.87. The van der Waals surface area contributed by atoms with Crippen molar-refractivity contribution in [3.8, 4) is 11.8 Å². The van der Waals surface area contributed by atoms with Gasteiger partial charge in [0.1, 0.15) is 12.2 Å². The van der Waals surface area contributed by atoms with Crippen molar-refractivity contribution < 1.29 is 14.6 Å². The lowest BCUT2D eigenvalue weighted by molar-refractivity contribution is -0.143. The van der Waals surface area contributed by atoms with Crippen LogP contribution in [0, 0.1) is 17.8 Å². The van der Waals surface area contributed by atoms with Crippen molar-refractivity contribution in [1.29, 1.82) is 0 Å². The van der Waals surface area contributed by atoms with Crippen LogP contribution in [-0.2, 0) is 9.53 Å². The van der Waals surface area contributed by atoms with E-state index in [1.807, 2.05) is 12.2 Å². The van der Waals surface area contributed by atoms with E-state index in [1.54, 1.807) is 6.92 Å². The molecule has 1 heterocycles. The zero-order valence-corrected chi connectivity index (χ0v) is 15.0. The maximum absolute atomic E-state index is 11.6. The van der Waals surface area contributed by atoms with Gasteiger partial charge in [0.25, 0.3) is 0 Å². The average Bonchev–Trinajstić information content (AvgIpc) is 2.81. The number of aliphatic hydroxyl groups is 1. The van der Waals surface area contributed by atoms with Gasteiger partial charge in [-0.3, -0.25) is 4.79 Å². The Bertz CT molecular complexity index is 455. The molecule has 1 saturated heterocycles. The second-order valence-electron chi connectivity index (χ2n) is 6.49. The van der Waals surface area contributed by atoms with E-state index in [0.29, 0.717) is 0 Å². The SMILES string of the molecule is C=CCCC=CC#CCCCCCCCCC1C(=O)OC(C)C1O. The number of allylic oxidation sites excluding steroid dienone is 3. The van der Waals surface area contributed by atoms with Gasteiger partial charge in [-0.25, -0.2) is 0 Å². The Labute approximate surface area is 147 Å². The third-order valence-corrected chi connectivity index (χ3v) is 4.41. The van der Waals surface area contributed by atoms with E-state index >= 15 is 0 Å². The van der Waals surface area contributed by atoms with Crippen molar-refractivity contribution in [3.05, 3.63) is 24.8 Å². The molecule has 0 aromatic rings. The molecule has 134 valence electrons. The first-order valence-electron chi connectivity index (χ1n) is 9.29. The van der Waals surface area contributed by atoms with Crippen molar-refractivity contribution in [2.24, 2.45) is 5.92 Å². The molecule has 1 aliphatic heterocycles. The maximum atomic E-state index is 11.6. The van der Waals surface area contributed by atoms with E-state index in [1.165, 1.54) is 19.3 Å². The zero-order valence-electron chi connectivity index (χ0n) is 15.0. The Hall–Kier alpha value is -1.53. The molecule has 1 fully saturated rings. The van der Waals surface area contributed by atoms with E-state index in [0.717, 1.165) is 44.9 Å². The molecule has 3 atom stereocenters. The highest BCUT2D eigenvalue weighted by Gasteiger charge is 2.40. The quantitative estimate of drug-likeness (QED) is 0.261. The second-order valence-corrected chi connectivity index (χ2v) is 6.49. The molecule has 24 heavy (non-hydrogen) atoms. The summed E-state index contributed by atoms with van der Waals surface area (Å²) in [5.41, 5.74) is 0. The molecule has 1 aliphatic rings. The highest BCUT2D eigenvalue weighted by atomic mass is 16.6. The van der Waals surface area contributed by atoms with E-state index < -0.39 is 6.10 Å². The van der Waals surface area contributed by atoms with Crippen LogP contribution in [0.5, 0.6) is 0 Å². The molecule has 0 amide bonds. The van der Waals surface area contributed by atoms with Crippen LogP contribution in [0.2, 0.25) is 0 Å². The average molecular weight is 332 g/mol. The van der Waals surface area contributed by atoms with Gasteiger partial charge >= 0.3 is 5.97 Å². The van der Waals surface area contributed by atoms with Gasteiger partial charge in [0.05, 0.1) is 5.92 Å². The molecular formula is C21H32O3. The number of unbranched alkanes of at least 4 members (excludes halogenated alkanes) is 7. The topological polar surface area (TPSA) is 46.5 Å². The molecule has 3 nitrogen and oxygen atoms in total. The van der Waals surface area contributed by atoms with Crippen molar-refractivity contribution >= 4 is 5.97 Å². The van der Waals surface area contributed by atoms with Gasteiger partial charge in [-0.05, 0) is 38.7 Å². The summed E-state index contributed by atoms with van der Waals surface area (Å²) in [6.07, 6.45) is 15.6. The molecule has 0 spiro atoms. The minimum absolute atomic E-state index is 0.230.